The van der Waals surface area contributed by atoms with Crippen LogP contribution in [0.4, 0.5) is 5.69 Å². The van der Waals surface area contributed by atoms with Crippen LogP contribution in [-0.4, -0.2) is 82.3 Å². The number of anilines is 1. The second kappa shape index (κ2) is 13.5. The van der Waals surface area contributed by atoms with Gasteiger partial charge in [-0.2, -0.15) is 0 Å². The lowest BCUT2D eigenvalue weighted by Gasteiger charge is -2.36. The van der Waals surface area contributed by atoms with Crippen molar-refractivity contribution in [3.8, 4) is 0 Å². The predicted molar refractivity (Wildman–Crippen MR) is 131 cm³/mol. The maximum atomic E-state index is 12.6. The first-order valence-corrected chi connectivity index (χ1v) is 11.9. The van der Waals surface area contributed by atoms with Crippen LogP contribution in [-0.2, 0) is 14.4 Å². The number of benzene rings is 1. The number of amides is 1. The monoisotopic (exact) mass is 489 g/mol. The molecule has 0 atom stereocenters. The third kappa shape index (κ3) is 8.71. The minimum Gasteiger partial charge on any atom is -0.480 e. The highest BCUT2D eigenvalue weighted by molar-refractivity contribution is 5.98. The smallest absolute Gasteiger partial charge is 0.329 e. The van der Waals surface area contributed by atoms with E-state index in [1.807, 2.05) is 24.3 Å². The molecular weight excluding hydrogens is 454 g/mol. The zero-order chi connectivity index (χ0) is 25.8. The molecule has 1 saturated carbocycles. The third-order valence-electron chi connectivity index (χ3n) is 6.24. The number of carbonyl (C=O) groups is 4. The van der Waals surface area contributed by atoms with E-state index in [9.17, 15) is 24.3 Å². The van der Waals surface area contributed by atoms with Crippen LogP contribution in [0.1, 0.15) is 55.8 Å². The van der Waals surface area contributed by atoms with Crippen LogP contribution in [0.2, 0.25) is 0 Å². The van der Waals surface area contributed by atoms with Crippen molar-refractivity contribution >= 4 is 29.5 Å². The fourth-order valence-corrected chi connectivity index (χ4v) is 4.35. The van der Waals surface area contributed by atoms with Crippen molar-refractivity contribution in [2.24, 2.45) is 0 Å². The van der Waals surface area contributed by atoms with Gasteiger partial charge in [0.05, 0.1) is 0 Å². The van der Waals surface area contributed by atoms with E-state index in [2.05, 4.69) is 22.0 Å². The fraction of sp³-hybridized carbons (Fsp3) is 0.520. The van der Waals surface area contributed by atoms with Crippen molar-refractivity contribution in [1.29, 1.82) is 0 Å². The molecule has 192 valence electrons. The molecule has 0 bridgehead atoms. The molecule has 0 aromatic heterocycles. The standard InChI is InChI=1S/C21H31N3O3.C4H4O4/c1-2-12-23-13-15-24(16-14-23)18-8-6-17(7-9-18)19(25)22-21(20(26)27)10-4-3-5-11-21;5-3(6)1-2-4(7)8/h6-9H,2-5,10-16H2,1H3,(H,22,25)(H,26,27);1-2H,(H,5,6)(H,7,8)/b;2-1+. The molecule has 1 amide bonds. The number of nitrogens with one attached hydrogen (secondary N) is 1. The van der Waals surface area contributed by atoms with Gasteiger partial charge in [0.2, 0.25) is 0 Å². The number of carbonyl (C=O) groups excluding carboxylic acids is 1. The number of hydrogen-bond acceptors (Lipinski definition) is 6. The van der Waals surface area contributed by atoms with Crippen LogP contribution in [0, 0.1) is 0 Å². The van der Waals surface area contributed by atoms with Crippen molar-refractivity contribution in [3.05, 3.63) is 42.0 Å². The summed E-state index contributed by atoms with van der Waals surface area (Å²) in [5.41, 5.74) is 0.534. The Balaban J connectivity index is 0.000000466. The zero-order valence-electron chi connectivity index (χ0n) is 20.1. The van der Waals surface area contributed by atoms with E-state index in [0.29, 0.717) is 30.6 Å². The largest absolute Gasteiger partial charge is 0.480 e. The van der Waals surface area contributed by atoms with Crippen LogP contribution in [0.25, 0.3) is 0 Å². The molecule has 1 aliphatic carbocycles. The molecule has 1 aliphatic heterocycles. The second-order valence-electron chi connectivity index (χ2n) is 8.79. The van der Waals surface area contributed by atoms with Gasteiger partial charge in [-0.1, -0.05) is 26.2 Å². The summed E-state index contributed by atoms with van der Waals surface area (Å²) < 4.78 is 0. The number of nitrogens with zero attached hydrogens (tertiary/aromatic N) is 2. The van der Waals surface area contributed by atoms with E-state index in [0.717, 1.165) is 57.7 Å². The Morgan fingerprint density at radius 1 is 0.886 bits per heavy atom. The molecule has 1 heterocycles. The van der Waals surface area contributed by atoms with Crippen LogP contribution in [0.5, 0.6) is 0 Å². The van der Waals surface area contributed by atoms with Crippen molar-refractivity contribution in [2.45, 2.75) is 51.0 Å². The first kappa shape index (κ1) is 27.8. The Bertz CT molecular complexity index is 884. The molecule has 10 nitrogen and oxygen atoms in total. The second-order valence-corrected chi connectivity index (χ2v) is 8.79. The van der Waals surface area contributed by atoms with Gasteiger partial charge in [0.1, 0.15) is 5.54 Å². The lowest BCUT2D eigenvalue weighted by Crippen LogP contribution is -2.55. The number of hydrogen-bond donors (Lipinski definition) is 4. The molecular formula is C25H35N3O7. The summed E-state index contributed by atoms with van der Waals surface area (Å²) in [7, 11) is 0. The molecule has 1 aromatic rings. The molecule has 2 aliphatic rings. The van der Waals surface area contributed by atoms with Gasteiger partial charge in [0.25, 0.3) is 5.91 Å². The van der Waals surface area contributed by atoms with E-state index >= 15 is 0 Å². The summed E-state index contributed by atoms with van der Waals surface area (Å²) in [5.74, 6) is -3.73. The summed E-state index contributed by atoms with van der Waals surface area (Å²) in [5, 5.41) is 28.1. The van der Waals surface area contributed by atoms with Gasteiger partial charge in [-0.3, -0.25) is 9.69 Å². The number of rotatable bonds is 8. The molecule has 10 heteroatoms. The maximum Gasteiger partial charge on any atom is 0.329 e. The Hall–Kier alpha value is -3.40. The molecule has 35 heavy (non-hydrogen) atoms. The molecule has 3 rings (SSSR count). The maximum absolute atomic E-state index is 12.6. The van der Waals surface area contributed by atoms with Gasteiger partial charge in [-0.25, -0.2) is 14.4 Å². The molecule has 0 unspecified atom stereocenters. The Morgan fingerprint density at radius 3 is 1.89 bits per heavy atom. The fourth-order valence-electron chi connectivity index (χ4n) is 4.35. The number of carboxylic acid groups (broad SMARTS) is 3. The summed E-state index contributed by atoms with van der Waals surface area (Å²) in [6.45, 7) is 7.48. The minimum atomic E-state index is -1.26. The van der Waals surface area contributed by atoms with Gasteiger partial charge < -0.3 is 25.5 Å². The summed E-state index contributed by atoms with van der Waals surface area (Å²) in [6.07, 6.45) is 6.03. The van der Waals surface area contributed by atoms with E-state index in [1.165, 1.54) is 6.42 Å². The first-order chi connectivity index (χ1) is 16.7. The van der Waals surface area contributed by atoms with Crippen LogP contribution in [0.3, 0.4) is 0 Å². The van der Waals surface area contributed by atoms with E-state index < -0.39 is 23.4 Å². The quantitative estimate of drug-likeness (QED) is 0.404. The topological polar surface area (TPSA) is 147 Å². The summed E-state index contributed by atoms with van der Waals surface area (Å²) in [6, 6.07) is 7.56. The number of carboxylic acids is 3. The predicted octanol–water partition coefficient (Wildman–Crippen LogP) is 2.45. The number of piperazine rings is 1. The molecule has 2 fully saturated rings. The normalized spacial score (nSPS) is 17.8. The van der Waals surface area contributed by atoms with Crippen LogP contribution >= 0.6 is 0 Å². The SMILES string of the molecule is CCCN1CCN(c2ccc(C(=O)NC3(C(=O)O)CCCCC3)cc2)CC1.O=C(O)/C=C/C(=O)O. The lowest BCUT2D eigenvalue weighted by molar-refractivity contribution is -0.146. The Kier molecular flexibility index (Phi) is 10.7. The lowest BCUT2D eigenvalue weighted by atomic mass is 9.81. The summed E-state index contributed by atoms with van der Waals surface area (Å²) >= 11 is 0. The summed E-state index contributed by atoms with van der Waals surface area (Å²) in [4.78, 5) is 48.3. The highest BCUT2D eigenvalue weighted by Crippen LogP contribution is 2.29. The van der Waals surface area contributed by atoms with Gasteiger partial charge in [-0.15, -0.1) is 0 Å². The van der Waals surface area contributed by atoms with Crippen molar-refractivity contribution < 1.29 is 34.5 Å². The van der Waals surface area contributed by atoms with Gasteiger partial charge in [-0.05, 0) is 50.1 Å². The van der Waals surface area contributed by atoms with Crippen LogP contribution in [0.15, 0.2) is 36.4 Å². The van der Waals surface area contributed by atoms with Crippen molar-refractivity contribution in [2.75, 3.05) is 37.6 Å². The molecule has 0 radical (unpaired) electrons. The van der Waals surface area contributed by atoms with E-state index in [4.69, 9.17) is 10.2 Å². The average Bonchev–Trinajstić information content (AvgIpc) is 2.84. The molecule has 4 N–H and O–H groups in total. The number of aliphatic carboxylic acids is 3. The highest BCUT2D eigenvalue weighted by Gasteiger charge is 2.41. The first-order valence-electron chi connectivity index (χ1n) is 11.9. The average molecular weight is 490 g/mol. The van der Waals surface area contributed by atoms with Crippen molar-refractivity contribution in [3.63, 3.8) is 0 Å². The Morgan fingerprint density at radius 2 is 1.43 bits per heavy atom. The van der Waals surface area contributed by atoms with Gasteiger partial charge >= 0.3 is 17.9 Å². The highest BCUT2D eigenvalue weighted by atomic mass is 16.4. The van der Waals surface area contributed by atoms with Gasteiger partial charge in [0, 0.05) is 49.6 Å². The molecule has 1 aromatic carbocycles. The van der Waals surface area contributed by atoms with Crippen molar-refractivity contribution in [1.82, 2.24) is 10.2 Å². The Labute approximate surface area is 205 Å². The third-order valence-corrected chi connectivity index (χ3v) is 6.24. The van der Waals surface area contributed by atoms with Gasteiger partial charge in [0.15, 0.2) is 0 Å². The zero-order valence-corrected chi connectivity index (χ0v) is 20.1. The molecule has 0 spiro atoms. The van der Waals surface area contributed by atoms with Crippen LogP contribution < -0.4 is 10.2 Å². The minimum absolute atomic E-state index is 0.293. The van der Waals surface area contributed by atoms with E-state index in [1.54, 1.807) is 0 Å². The van der Waals surface area contributed by atoms with E-state index in [-0.39, 0.29) is 5.91 Å². The molecule has 1 saturated heterocycles.